The van der Waals surface area contributed by atoms with Gasteiger partial charge in [0.15, 0.2) is 0 Å². The highest BCUT2D eigenvalue weighted by Gasteiger charge is 2.18. The van der Waals surface area contributed by atoms with Crippen molar-refractivity contribution in [3.05, 3.63) is 158 Å². The molecular weight excluding hydrogens is 480 g/mol. The SMILES string of the molecule is [2H]c1c([2H])c([2H])c2c(-c3cc(-c4ccccc4)cc4ccccc34)c3c([2H])c([2H])c([2H])c([2H])c3c(-c3ccc4ccccc4c3)c2c1[2H]. The van der Waals surface area contributed by atoms with Crippen molar-refractivity contribution in [3.8, 4) is 33.4 Å². The molecule has 8 rings (SSSR count). The highest BCUT2D eigenvalue weighted by atomic mass is 14.2. The summed E-state index contributed by atoms with van der Waals surface area (Å²) in [5.74, 6) is 0. The minimum absolute atomic E-state index is 0.206. The lowest BCUT2D eigenvalue weighted by Gasteiger charge is -2.20. The lowest BCUT2D eigenvalue weighted by atomic mass is 9.83. The first-order chi connectivity index (χ1) is 23.2. The Morgan fingerprint density at radius 2 is 0.900 bits per heavy atom. The van der Waals surface area contributed by atoms with Gasteiger partial charge >= 0.3 is 0 Å². The summed E-state index contributed by atoms with van der Waals surface area (Å²) in [5.41, 5.74) is 3.70. The molecule has 0 spiro atoms. The number of hydrogen-bond donors (Lipinski definition) is 0. The van der Waals surface area contributed by atoms with Crippen molar-refractivity contribution in [1.29, 1.82) is 0 Å². The normalized spacial score (nSPS) is 14.3. The molecule has 0 heterocycles. The fraction of sp³-hybridized carbons (Fsp3) is 0. The summed E-state index contributed by atoms with van der Waals surface area (Å²) in [6, 6.07) is 32.3. The van der Waals surface area contributed by atoms with Gasteiger partial charge in [-0.2, -0.15) is 0 Å². The van der Waals surface area contributed by atoms with Crippen LogP contribution in [0.15, 0.2) is 158 Å². The monoisotopic (exact) mass is 514 g/mol. The molecule has 0 aliphatic carbocycles. The highest BCUT2D eigenvalue weighted by molar-refractivity contribution is 6.24. The predicted molar refractivity (Wildman–Crippen MR) is 173 cm³/mol. The van der Waals surface area contributed by atoms with Crippen LogP contribution in [0.1, 0.15) is 11.0 Å². The molecule has 0 bridgehead atoms. The van der Waals surface area contributed by atoms with Gasteiger partial charge in [0.2, 0.25) is 0 Å². The van der Waals surface area contributed by atoms with Gasteiger partial charge in [-0.3, -0.25) is 0 Å². The number of benzene rings is 8. The van der Waals surface area contributed by atoms with E-state index >= 15 is 0 Å². The molecule has 40 heavy (non-hydrogen) atoms. The van der Waals surface area contributed by atoms with Crippen LogP contribution in [0.2, 0.25) is 0 Å². The van der Waals surface area contributed by atoms with Gasteiger partial charge in [-0.25, -0.2) is 0 Å². The maximum atomic E-state index is 9.34. The molecule has 0 N–H and O–H groups in total. The Bertz CT molecular complexity index is 2560. The van der Waals surface area contributed by atoms with Crippen LogP contribution in [-0.2, 0) is 0 Å². The van der Waals surface area contributed by atoms with Crippen molar-refractivity contribution in [2.75, 3.05) is 0 Å². The van der Waals surface area contributed by atoms with Crippen LogP contribution >= 0.6 is 0 Å². The third-order valence-electron chi connectivity index (χ3n) is 7.65. The molecule has 0 radical (unpaired) electrons. The fourth-order valence-corrected chi connectivity index (χ4v) is 5.84. The second-order valence-electron chi connectivity index (χ2n) is 9.92. The smallest absolute Gasteiger partial charge is 0.0622 e. The third-order valence-corrected chi connectivity index (χ3v) is 7.65. The van der Waals surface area contributed by atoms with Crippen molar-refractivity contribution in [2.24, 2.45) is 0 Å². The molecule has 8 aromatic carbocycles. The summed E-state index contributed by atoms with van der Waals surface area (Å²) in [6.45, 7) is 0. The Morgan fingerprint density at radius 3 is 1.60 bits per heavy atom. The molecule has 0 fully saturated rings. The van der Waals surface area contributed by atoms with Crippen LogP contribution < -0.4 is 0 Å². The molecule has 0 saturated carbocycles. The zero-order valence-corrected chi connectivity index (χ0v) is 21.4. The average molecular weight is 515 g/mol. The maximum absolute atomic E-state index is 9.34. The quantitative estimate of drug-likeness (QED) is 0.206. The minimum atomic E-state index is -0.415. The van der Waals surface area contributed by atoms with E-state index in [4.69, 9.17) is 5.48 Å². The lowest BCUT2D eigenvalue weighted by Crippen LogP contribution is -1.92. The minimum Gasteiger partial charge on any atom is -0.0622 e. The van der Waals surface area contributed by atoms with E-state index in [1.54, 1.807) is 0 Å². The van der Waals surface area contributed by atoms with E-state index in [0.29, 0.717) is 22.3 Å². The summed E-state index contributed by atoms with van der Waals surface area (Å²) in [6.07, 6.45) is 0. The highest BCUT2D eigenvalue weighted by Crippen LogP contribution is 2.46. The van der Waals surface area contributed by atoms with E-state index in [1.165, 1.54) is 0 Å². The predicted octanol–water partition coefficient (Wildman–Crippen LogP) is 11.3. The molecule has 0 saturated heterocycles. The average Bonchev–Trinajstić information content (AvgIpc) is 3.13. The van der Waals surface area contributed by atoms with Gasteiger partial charge < -0.3 is 0 Å². The van der Waals surface area contributed by atoms with E-state index < -0.39 is 24.2 Å². The third kappa shape index (κ3) is 3.61. The van der Waals surface area contributed by atoms with E-state index in [1.807, 2.05) is 103 Å². The Morgan fingerprint density at radius 1 is 0.350 bits per heavy atom. The second-order valence-corrected chi connectivity index (χ2v) is 9.92. The van der Waals surface area contributed by atoms with Crippen molar-refractivity contribution < 1.29 is 11.0 Å². The van der Waals surface area contributed by atoms with Gasteiger partial charge in [-0.15, -0.1) is 0 Å². The van der Waals surface area contributed by atoms with Crippen molar-refractivity contribution in [1.82, 2.24) is 0 Å². The molecule has 0 aliphatic rings. The van der Waals surface area contributed by atoms with E-state index in [9.17, 15) is 5.48 Å². The second kappa shape index (κ2) is 9.22. The topological polar surface area (TPSA) is 0 Å². The summed E-state index contributed by atoms with van der Waals surface area (Å²) >= 11 is 0. The molecule has 8 aromatic rings. The van der Waals surface area contributed by atoms with Crippen LogP contribution in [0, 0.1) is 0 Å². The van der Waals surface area contributed by atoms with Crippen LogP contribution in [0.5, 0.6) is 0 Å². The van der Waals surface area contributed by atoms with Gasteiger partial charge in [0, 0.05) is 0 Å². The molecule has 0 unspecified atom stereocenters. The first kappa shape index (κ1) is 16.0. The molecule has 0 amide bonds. The Kier molecular flexibility index (Phi) is 3.70. The summed E-state index contributed by atoms with van der Waals surface area (Å²) in [7, 11) is 0. The Labute approximate surface area is 245 Å². The van der Waals surface area contributed by atoms with Crippen LogP contribution in [-0.4, -0.2) is 0 Å². The molecule has 0 nitrogen and oxygen atoms in total. The van der Waals surface area contributed by atoms with Crippen molar-refractivity contribution in [2.45, 2.75) is 0 Å². The number of fused-ring (bicyclic) bond motifs is 4. The van der Waals surface area contributed by atoms with Gasteiger partial charge in [0.05, 0.1) is 11.0 Å². The van der Waals surface area contributed by atoms with Gasteiger partial charge in [0.25, 0.3) is 0 Å². The summed E-state index contributed by atoms with van der Waals surface area (Å²) in [4.78, 5) is 0. The van der Waals surface area contributed by atoms with Gasteiger partial charge in [-0.05, 0) is 94.7 Å². The van der Waals surface area contributed by atoms with Crippen LogP contribution in [0.25, 0.3) is 76.5 Å². The standard InChI is InChI=1S/C40H26/c1-2-12-27(13-3-1)32-25-30-16-6-7-17-33(30)38(26-32)40-36-20-10-8-18-34(36)39(35-19-9-11-21-37(35)40)31-23-22-28-14-4-5-15-29(28)24-31/h1-26H/i8D,9D,10D,11D,18D,19D,20D,21D. The Hall–Kier alpha value is -5.20. The lowest BCUT2D eigenvalue weighted by molar-refractivity contribution is 1.63. The number of hydrogen-bond acceptors (Lipinski definition) is 0. The van der Waals surface area contributed by atoms with E-state index in [0.717, 1.165) is 32.7 Å². The van der Waals surface area contributed by atoms with Crippen LogP contribution in [0.3, 0.4) is 0 Å². The molecule has 0 heteroatoms. The number of rotatable bonds is 3. The first-order valence-electron chi connectivity index (χ1n) is 17.2. The van der Waals surface area contributed by atoms with Crippen molar-refractivity contribution >= 4 is 43.1 Å². The van der Waals surface area contributed by atoms with Crippen LogP contribution in [0.4, 0.5) is 0 Å². The maximum Gasteiger partial charge on any atom is 0.0629 e. The molecule has 0 aliphatic heterocycles. The first-order valence-corrected chi connectivity index (χ1v) is 13.2. The van der Waals surface area contributed by atoms with Gasteiger partial charge in [0.1, 0.15) is 0 Å². The van der Waals surface area contributed by atoms with E-state index in [-0.39, 0.29) is 45.7 Å². The van der Waals surface area contributed by atoms with E-state index in [2.05, 4.69) is 6.07 Å². The van der Waals surface area contributed by atoms with Crippen molar-refractivity contribution in [3.63, 3.8) is 0 Å². The van der Waals surface area contributed by atoms with Gasteiger partial charge in [-0.1, -0.05) is 139 Å². The molecule has 186 valence electrons. The molecule has 0 atom stereocenters. The summed E-state index contributed by atoms with van der Waals surface area (Å²) < 4.78 is 72.3. The Balaban J connectivity index is 1.69. The summed E-state index contributed by atoms with van der Waals surface area (Å²) in [5, 5.41) is 4.36. The zero-order valence-electron chi connectivity index (χ0n) is 29.4. The molecular formula is C40H26. The fourth-order valence-electron chi connectivity index (χ4n) is 5.84. The molecule has 0 aromatic heterocycles. The largest absolute Gasteiger partial charge is 0.0629 e. The zero-order chi connectivity index (χ0) is 33.4.